The standard InChI is InChI=1S/C17H24O2/c1-2-4-14-7-9-16(10-8-14)17(18)13-19-12-11-15-5-3-6-15/h7-10,15H,2-6,11-13H2,1H3. The average Bonchev–Trinajstić information content (AvgIpc) is 2.37. The molecular formula is C17H24O2. The molecule has 0 atom stereocenters. The molecule has 0 spiro atoms. The minimum Gasteiger partial charge on any atom is -0.373 e. The van der Waals surface area contributed by atoms with Gasteiger partial charge in [0.05, 0.1) is 0 Å². The van der Waals surface area contributed by atoms with E-state index in [-0.39, 0.29) is 12.4 Å². The molecule has 0 saturated heterocycles. The van der Waals surface area contributed by atoms with E-state index in [1.165, 1.54) is 24.8 Å². The van der Waals surface area contributed by atoms with E-state index < -0.39 is 0 Å². The van der Waals surface area contributed by atoms with Gasteiger partial charge in [0.25, 0.3) is 0 Å². The first-order valence-electron chi connectivity index (χ1n) is 7.49. The Balaban J connectivity index is 1.69. The van der Waals surface area contributed by atoms with Gasteiger partial charge in [-0.05, 0) is 24.3 Å². The molecule has 1 aliphatic carbocycles. The van der Waals surface area contributed by atoms with Gasteiger partial charge in [0.1, 0.15) is 6.61 Å². The van der Waals surface area contributed by atoms with Crippen molar-refractivity contribution in [3.05, 3.63) is 35.4 Å². The maximum atomic E-state index is 11.9. The number of ketones is 1. The number of rotatable bonds is 8. The van der Waals surface area contributed by atoms with Gasteiger partial charge in [-0.25, -0.2) is 0 Å². The van der Waals surface area contributed by atoms with Crippen LogP contribution in [0.3, 0.4) is 0 Å². The maximum absolute atomic E-state index is 11.9. The third kappa shape index (κ3) is 4.46. The summed E-state index contributed by atoms with van der Waals surface area (Å²) >= 11 is 0. The van der Waals surface area contributed by atoms with E-state index in [1.807, 2.05) is 24.3 Å². The van der Waals surface area contributed by atoms with Crippen LogP contribution in [0.5, 0.6) is 0 Å². The molecule has 0 heterocycles. The lowest BCUT2D eigenvalue weighted by Gasteiger charge is -2.24. The van der Waals surface area contributed by atoms with Gasteiger partial charge in [0, 0.05) is 12.2 Å². The van der Waals surface area contributed by atoms with Crippen LogP contribution < -0.4 is 0 Å². The zero-order valence-corrected chi connectivity index (χ0v) is 11.9. The van der Waals surface area contributed by atoms with Gasteiger partial charge in [-0.1, -0.05) is 56.9 Å². The van der Waals surface area contributed by atoms with Gasteiger partial charge in [-0.15, -0.1) is 0 Å². The van der Waals surface area contributed by atoms with Crippen LogP contribution in [0.4, 0.5) is 0 Å². The van der Waals surface area contributed by atoms with Crippen molar-refractivity contribution in [1.29, 1.82) is 0 Å². The molecule has 2 heteroatoms. The minimum atomic E-state index is 0.0941. The van der Waals surface area contributed by atoms with Gasteiger partial charge in [-0.3, -0.25) is 4.79 Å². The fraction of sp³-hybridized carbons (Fsp3) is 0.588. The number of Topliss-reactive ketones (excluding diaryl/α,β-unsaturated/α-hetero) is 1. The third-order valence-corrected chi connectivity index (χ3v) is 3.94. The summed E-state index contributed by atoms with van der Waals surface area (Å²) in [6.45, 7) is 3.11. The minimum absolute atomic E-state index is 0.0941. The molecule has 2 nitrogen and oxygen atoms in total. The smallest absolute Gasteiger partial charge is 0.188 e. The Morgan fingerprint density at radius 2 is 2.00 bits per heavy atom. The van der Waals surface area contributed by atoms with Crippen molar-refractivity contribution >= 4 is 5.78 Å². The molecule has 1 aromatic carbocycles. The van der Waals surface area contributed by atoms with E-state index in [2.05, 4.69) is 6.92 Å². The number of hydrogen-bond acceptors (Lipinski definition) is 2. The molecule has 1 aromatic rings. The molecule has 19 heavy (non-hydrogen) atoms. The molecule has 0 bridgehead atoms. The van der Waals surface area contributed by atoms with Crippen LogP contribution in [0, 0.1) is 5.92 Å². The largest absolute Gasteiger partial charge is 0.373 e. The van der Waals surface area contributed by atoms with E-state index >= 15 is 0 Å². The van der Waals surface area contributed by atoms with Crippen LogP contribution in [0.1, 0.15) is 54.9 Å². The fourth-order valence-electron chi connectivity index (χ4n) is 2.43. The normalized spacial score (nSPS) is 15.2. The molecular weight excluding hydrogens is 236 g/mol. The highest BCUT2D eigenvalue weighted by Gasteiger charge is 2.16. The van der Waals surface area contributed by atoms with Gasteiger partial charge < -0.3 is 4.74 Å². The van der Waals surface area contributed by atoms with Crippen molar-refractivity contribution < 1.29 is 9.53 Å². The van der Waals surface area contributed by atoms with Crippen molar-refractivity contribution in [1.82, 2.24) is 0 Å². The quantitative estimate of drug-likeness (QED) is 0.521. The second-order valence-corrected chi connectivity index (χ2v) is 5.51. The second kappa shape index (κ2) is 7.44. The molecule has 0 N–H and O–H groups in total. The lowest BCUT2D eigenvalue weighted by molar-refractivity contribution is 0.0705. The summed E-state index contributed by atoms with van der Waals surface area (Å²) in [5.74, 6) is 0.945. The van der Waals surface area contributed by atoms with Gasteiger partial charge >= 0.3 is 0 Å². The number of carbonyl (C=O) groups is 1. The highest BCUT2D eigenvalue weighted by Crippen LogP contribution is 2.29. The number of benzene rings is 1. The van der Waals surface area contributed by atoms with E-state index in [0.717, 1.165) is 37.4 Å². The number of hydrogen-bond donors (Lipinski definition) is 0. The fourth-order valence-corrected chi connectivity index (χ4v) is 2.43. The van der Waals surface area contributed by atoms with E-state index in [4.69, 9.17) is 4.74 Å². The van der Waals surface area contributed by atoms with Crippen molar-refractivity contribution in [2.75, 3.05) is 13.2 Å². The molecule has 1 aliphatic rings. The van der Waals surface area contributed by atoms with Crippen molar-refractivity contribution in [2.24, 2.45) is 5.92 Å². The summed E-state index contributed by atoms with van der Waals surface area (Å²) in [5, 5.41) is 0. The van der Waals surface area contributed by atoms with Crippen LogP contribution in [0.15, 0.2) is 24.3 Å². The first-order chi connectivity index (χ1) is 9.29. The summed E-state index contributed by atoms with van der Waals surface area (Å²) in [7, 11) is 0. The summed E-state index contributed by atoms with van der Waals surface area (Å²) < 4.78 is 5.48. The second-order valence-electron chi connectivity index (χ2n) is 5.51. The highest BCUT2D eigenvalue weighted by atomic mass is 16.5. The lowest BCUT2D eigenvalue weighted by atomic mass is 9.83. The van der Waals surface area contributed by atoms with Crippen molar-refractivity contribution in [3.63, 3.8) is 0 Å². The zero-order valence-electron chi connectivity index (χ0n) is 11.9. The molecule has 1 saturated carbocycles. The van der Waals surface area contributed by atoms with Gasteiger partial charge in [0.15, 0.2) is 5.78 Å². The van der Waals surface area contributed by atoms with E-state index in [1.54, 1.807) is 0 Å². The molecule has 2 rings (SSSR count). The molecule has 0 amide bonds. The predicted octanol–water partition coefficient (Wildman–Crippen LogP) is 4.03. The Bertz CT molecular complexity index is 390. The average molecular weight is 260 g/mol. The molecule has 0 unspecified atom stereocenters. The molecule has 104 valence electrons. The van der Waals surface area contributed by atoms with Crippen molar-refractivity contribution in [3.8, 4) is 0 Å². The molecule has 1 fully saturated rings. The number of carbonyl (C=O) groups excluding carboxylic acids is 1. The molecule has 0 radical (unpaired) electrons. The van der Waals surface area contributed by atoms with Crippen LogP contribution in [0.25, 0.3) is 0 Å². The van der Waals surface area contributed by atoms with E-state index in [0.29, 0.717) is 0 Å². The Morgan fingerprint density at radius 3 is 2.58 bits per heavy atom. The third-order valence-electron chi connectivity index (χ3n) is 3.94. The van der Waals surface area contributed by atoms with Crippen LogP contribution in [-0.4, -0.2) is 19.0 Å². The number of aryl methyl sites for hydroxylation is 1. The molecule has 0 aromatic heterocycles. The summed E-state index contributed by atoms with van der Waals surface area (Å²) in [4.78, 5) is 11.9. The summed E-state index contributed by atoms with van der Waals surface area (Å²) in [6, 6.07) is 7.93. The Hall–Kier alpha value is -1.15. The van der Waals surface area contributed by atoms with E-state index in [9.17, 15) is 4.79 Å². The summed E-state index contributed by atoms with van der Waals surface area (Å²) in [5.41, 5.74) is 2.06. The Morgan fingerprint density at radius 1 is 1.26 bits per heavy atom. The van der Waals surface area contributed by atoms with Crippen LogP contribution in [0.2, 0.25) is 0 Å². The summed E-state index contributed by atoms with van der Waals surface area (Å²) in [6.07, 6.45) is 7.38. The van der Waals surface area contributed by atoms with Crippen LogP contribution >= 0.6 is 0 Å². The topological polar surface area (TPSA) is 26.3 Å². The monoisotopic (exact) mass is 260 g/mol. The predicted molar refractivity (Wildman–Crippen MR) is 77.5 cm³/mol. The van der Waals surface area contributed by atoms with Crippen molar-refractivity contribution in [2.45, 2.75) is 45.4 Å². The zero-order chi connectivity index (χ0) is 13.5. The lowest BCUT2D eigenvalue weighted by Crippen LogP contribution is -2.16. The first-order valence-corrected chi connectivity index (χ1v) is 7.49. The van der Waals surface area contributed by atoms with Crippen LogP contribution in [-0.2, 0) is 11.2 Å². The first kappa shape index (κ1) is 14.3. The van der Waals surface area contributed by atoms with Gasteiger partial charge in [-0.2, -0.15) is 0 Å². The SMILES string of the molecule is CCCc1ccc(C(=O)COCCC2CCC2)cc1. The highest BCUT2D eigenvalue weighted by molar-refractivity contribution is 5.97. The maximum Gasteiger partial charge on any atom is 0.188 e. The molecule has 0 aliphatic heterocycles. The number of ether oxygens (including phenoxy) is 1. The Kier molecular flexibility index (Phi) is 5.59. The Labute approximate surface area is 116 Å². The van der Waals surface area contributed by atoms with Gasteiger partial charge in [0.2, 0.25) is 0 Å².